The molecule has 0 aromatic carbocycles. The van der Waals surface area contributed by atoms with Crippen molar-refractivity contribution in [3.05, 3.63) is 16.7 Å². The molecule has 0 saturated heterocycles. The van der Waals surface area contributed by atoms with Crippen molar-refractivity contribution in [2.75, 3.05) is 0 Å². The second kappa shape index (κ2) is 5.15. The minimum Gasteiger partial charge on any atom is -0.390 e. The van der Waals surface area contributed by atoms with Crippen LogP contribution in [0.1, 0.15) is 50.8 Å². The Morgan fingerprint density at radius 2 is 2.25 bits per heavy atom. The molecule has 3 nitrogen and oxygen atoms in total. The van der Waals surface area contributed by atoms with Gasteiger partial charge in [-0.1, -0.05) is 26.2 Å². The van der Waals surface area contributed by atoms with E-state index in [1.54, 1.807) is 0 Å². The lowest BCUT2D eigenvalue weighted by Gasteiger charge is -2.32. The first kappa shape index (κ1) is 11.9. The number of nitrogens with zero attached hydrogens (tertiary/aromatic N) is 1. The van der Waals surface area contributed by atoms with Gasteiger partial charge < -0.3 is 14.7 Å². The van der Waals surface area contributed by atoms with E-state index in [2.05, 4.69) is 16.5 Å². The lowest BCUT2D eigenvalue weighted by atomic mass is 9.82. The van der Waals surface area contributed by atoms with Crippen LogP contribution in [0.2, 0.25) is 0 Å². The van der Waals surface area contributed by atoms with Crippen LogP contribution in [0.5, 0.6) is 0 Å². The number of aliphatic hydroxyl groups is 1. The van der Waals surface area contributed by atoms with Crippen LogP contribution in [-0.2, 0) is 6.61 Å². The van der Waals surface area contributed by atoms with E-state index in [0.717, 1.165) is 10.5 Å². The molecule has 2 rings (SSSR count). The fourth-order valence-corrected chi connectivity index (χ4v) is 3.22. The highest BCUT2D eigenvalue weighted by molar-refractivity contribution is 7.71. The summed E-state index contributed by atoms with van der Waals surface area (Å²) in [4.78, 5) is 3.05. The molecule has 1 aliphatic rings. The Morgan fingerprint density at radius 1 is 1.50 bits per heavy atom. The molecule has 0 aliphatic heterocycles. The van der Waals surface area contributed by atoms with Crippen LogP contribution < -0.4 is 0 Å². The highest BCUT2D eigenvalue weighted by Crippen LogP contribution is 2.36. The van der Waals surface area contributed by atoms with Gasteiger partial charge in [-0.2, -0.15) is 0 Å². The van der Waals surface area contributed by atoms with Crippen LogP contribution in [0.3, 0.4) is 0 Å². The Morgan fingerprint density at radius 3 is 2.94 bits per heavy atom. The lowest BCUT2D eigenvalue weighted by Crippen LogP contribution is -2.24. The third kappa shape index (κ3) is 2.09. The van der Waals surface area contributed by atoms with E-state index >= 15 is 0 Å². The Labute approximate surface area is 102 Å². The van der Waals surface area contributed by atoms with Gasteiger partial charge in [0.05, 0.1) is 12.3 Å². The normalized spacial score (nSPS) is 25.9. The molecule has 2 atom stereocenters. The molecule has 4 heteroatoms. The molecule has 1 aromatic rings. The third-order valence-electron chi connectivity index (χ3n) is 3.78. The zero-order valence-corrected chi connectivity index (χ0v) is 10.6. The smallest absolute Gasteiger partial charge is 0.177 e. The number of hydrogen-bond acceptors (Lipinski definition) is 2. The van der Waals surface area contributed by atoms with Gasteiger partial charge in [0.25, 0.3) is 0 Å². The standard InChI is InChI=1S/C12H20N2OS/c1-2-9-5-3-4-6-11(9)14-10(8-15)7-13-12(14)16/h7,9,11,15H,2-6,8H2,1H3,(H,13,16). The van der Waals surface area contributed by atoms with Crippen molar-refractivity contribution in [3.63, 3.8) is 0 Å². The minimum atomic E-state index is 0.0695. The molecule has 1 saturated carbocycles. The maximum Gasteiger partial charge on any atom is 0.177 e. The van der Waals surface area contributed by atoms with Crippen LogP contribution in [0, 0.1) is 10.7 Å². The van der Waals surface area contributed by atoms with Crippen LogP contribution in [-0.4, -0.2) is 14.7 Å². The highest BCUT2D eigenvalue weighted by atomic mass is 32.1. The van der Waals surface area contributed by atoms with Crippen molar-refractivity contribution >= 4 is 12.2 Å². The zero-order chi connectivity index (χ0) is 11.5. The van der Waals surface area contributed by atoms with Crippen LogP contribution in [0.25, 0.3) is 0 Å². The van der Waals surface area contributed by atoms with Crippen molar-refractivity contribution in [2.24, 2.45) is 5.92 Å². The van der Waals surface area contributed by atoms with E-state index in [9.17, 15) is 5.11 Å². The van der Waals surface area contributed by atoms with E-state index in [0.29, 0.717) is 12.0 Å². The van der Waals surface area contributed by atoms with Gasteiger partial charge in [0.1, 0.15) is 0 Å². The van der Waals surface area contributed by atoms with Gasteiger partial charge in [0.2, 0.25) is 0 Å². The molecule has 1 heterocycles. The molecule has 16 heavy (non-hydrogen) atoms. The molecule has 1 aliphatic carbocycles. The summed E-state index contributed by atoms with van der Waals surface area (Å²) in [5, 5.41) is 9.33. The predicted molar refractivity (Wildman–Crippen MR) is 66.8 cm³/mol. The molecule has 1 fully saturated rings. The monoisotopic (exact) mass is 240 g/mol. The number of aliphatic hydroxyl groups excluding tert-OH is 1. The van der Waals surface area contributed by atoms with Crippen LogP contribution in [0.4, 0.5) is 0 Å². The molecule has 0 spiro atoms. The summed E-state index contributed by atoms with van der Waals surface area (Å²) < 4.78 is 2.90. The quantitative estimate of drug-likeness (QED) is 0.797. The maximum absolute atomic E-state index is 9.33. The Balaban J connectivity index is 2.33. The fourth-order valence-electron chi connectivity index (χ4n) is 2.90. The lowest BCUT2D eigenvalue weighted by molar-refractivity contribution is 0.209. The van der Waals surface area contributed by atoms with Crippen molar-refractivity contribution < 1.29 is 5.11 Å². The molecule has 90 valence electrons. The van der Waals surface area contributed by atoms with Gasteiger partial charge in [0, 0.05) is 12.2 Å². The fraction of sp³-hybridized carbons (Fsp3) is 0.750. The van der Waals surface area contributed by atoms with Crippen LogP contribution >= 0.6 is 12.2 Å². The molecule has 0 radical (unpaired) electrons. The first-order valence-corrected chi connectivity index (χ1v) is 6.58. The Kier molecular flexibility index (Phi) is 3.82. The molecular weight excluding hydrogens is 220 g/mol. The van der Waals surface area contributed by atoms with Crippen molar-refractivity contribution in [1.29, 1.82) is 0 Å². The molecule has 2 unspecified atom stereocenters. The van der Waals surface area contributed by atoms with Gasteiger partial charge >= 0.3 is 0 Å². The first-order chi connectivity index (χ1) is 7.77. The second-order valence-corrected chi connectivity index (χ2v) is 5.02. The molecule has 2 N–H and O–H groups in total. The SMILES string of the molecule is CCC1CCCCC1n1c(CO)c[nH]c1=S. The Bertz CT molecular complexity index is 396. The number of rotatable bonds is 3. The van der Waals surface area contributed by atoms with Gasteiger partial charge in [-0.15, -0.1) is 0 Å². The van der Waals surface area contributed by atoms with Gasteiger partial charge in [-0.3, -0.25) is 0 Å². The van der Waals surface area contributed by atoms with Crippen molar-refractivity contribution in [2.45, 2.75) is 51.7 Å². The average molecular weight is 240 g/mol. The van der Waals surface area contributed by atoms with Crippen molar-refractivity contribution in [3.8, 4) is 0 Å². The van der Waals surface area contributed by atoms with E-state index in [-0.39, 0.29) is 6.61 Å². The zero-order valence-electron chi connectivity index (χ0n) is 9.78. The van der Waals surface area contributed by atoms with E-state index in [1.165, 1.54) is 32.1 Å². The highest BCUT2D eigenvalue weighted by Gasteiger charge is 2.26. The molecule has 1 aromatic heterocycles. The van der Waals surface area contributed by atoms with Crippen molar-refractivity contribution in [1.82, 2.24) is 9.55 Å². The third-order valence-corrected chi connectivity index (χ3v) is 4.09. The number of hydrogen-bond donors (Lipinski definition) is 2. The second-order valence-electron chi connectivity index (χ2n) is 4.63. The van der Waals surface area contributed by atoms with E-state index in [1.807, 2.05) is 6.20 Å². The van der Waals surface area contributed by atoms with Gasteiger partial charge in [0.15, 0.2) is 4.77 Å². The molecule has 0 amide bonds. The predicted octanol–water partition coefficient (Wildman–Crippen LogP) is 3.18. The summed E-state index contributed by atoms with van der Waals surface area (Å²) in [5.41, 5.74) is 0.926. The molecular formula is C12H20N2OS. The topological polar surface area (TPSA) is 41.0 Å². The number of nitrogens with one attached hydrogen (secondary N) is 1. The summed E-state index contributed by atoms with van der Waals surface area (Å²) in [6.45, 7) is 2.32. The Hall–Kier alpha value is -0.610. The summed E-state index contributed by atoms with van der Waals surface area (Å²) in [5.74, 6) is 0.710. The van der Waals surface area contributed by atoms with Gasteiger partial charge in [-0.25, -0.2) is 0 Å². The number of H-pyrrole nitrogens is 1. The van der Waals surface area contributed by atoms with E-state index in [4.69, 9.17) is 12.2 Å². The number of aromatic amines is 1. The average Bonchev–Trinajstić information content (AvgIpc) is 2.70. The van der Waals surface area contributed by atoms with Gasteiger partial charge in [-0.05, 0) is 31.0 Å². The first-order valence-electron chi connectivity index (χ1n) is 6.17. The molecule has 0 bridgehead atoms. The summed E-state index contributed by atoms with van der Waals surface area (Å²) >= 11 is 5.32. The van der Waals surface area contributed by atoms with E-state index < -0.39 is 0 Å². The minimum absolute atomic E-state index is 0.0695. The number of aromatic nitrogens is 2. The summed E-state index contributed by atoms with van der Waals surface area (Å²) in [7, 11) is 0. The largest absolute Gasteiger partial charge is 0.390 e. The van der Waals surface area contributed by atoms with Crippen LogP contribution in [0.15, 0.2) is 6.20 Å². The summed E-state index contributed by atoms with van der Waals surface area (Å²) in [6, 6.07) is 0.486. The number of imidazole rings is 1. The maximum atomic E-state index is 9.33. The summed E-state index contributed by atoms with van der Waals surface area (Å²) in [6.07, 6.45) is 8.13.